The van der Waals surface area contributed by atoms with Crippen molar-refractivity contribution in [1.29, 1.82) is 0 Å². The summed E-state index contributed by atoms with van der Waals surface area (Å²) in [5, 5.41) is 24.6. The Morgan fingerprint density at radius 2 is 1.95 bits per heavy atom. The van der Waals surface area contributed by atoms with Crippen molar-refractivity contribution in [2.45, 2.75) is 71.6 Å². The summed E-state index contributed by atoms with van der Waals surface area (Å²) in [6.45, 7) is 8.04. The Balaban J connectivity index is 1.71. The molecule has 2 heterocycles. The fraction of sp³-hybridized carbons (Fsp3) is 0.577. The summed E-state index contributed by atoms with van der Waals surface area (Å²) in [5.74, 6) is 0.246. The Hall–Kier alpha value is -2.09. The Kier molecular flexibility index (Phi) is 10.7. The largest absolute Gasteiger partial charge is 0.405 e. The average molecular weight is 600 g/mol. The molecule has 3 rings (SSSR count). The van der Waals surface area contributed by atoms with Crippen molar-refractivity contribution in [2.24, 2.45) is 5.41 Å². The number of benzene rings is 1. The predicted molar refractivity (Wildman–Crippen MR) is 151 cm³/mol. The van der Waals surface area contributed by atoms with E-state index in [-0.39, 0.29) is 29.6 Å². The third-order valence-corrected chi connectivity index (χ3v) is 9.64. The van der Waals surface area contributed by atoms with Gasteiger partial charge < -0.3 is 14.9 Å². The number of aliphatic hydroxyl groups excluding tert-OH is 1. The van der Waals surface area contributed by atoms with E-state index in [2.05, 4.69) is 10.1 Å². The average Bonchev–Trinajstić information content (AvgIpc) is 3.14. The summed E-state index contributed by atoms with van der Waals surface area (Å²) < 4.78 is 31.7. The van der Waals surface area contributed by atoms with Crippen molar-refractivity contribution in [3.63, 3.8) is 0 Å². The molecule has 0 spiro atoms. The molecule has 4 N–H and O–H groups in total. The number of carbonyl (C=O) groups excluding carboxylic acids is 1. The Morgan fingerprint density at radius 1 is 1.27 bits per heavy atom. The molecule has 40 heavy (non-hydrogen) atoms. The van der Waals surface area contributed by atoms with Gasteiger partial charge in [0.05, 0.1) is 13.2 Å². The highest BCUT2D eigenvalue weighted by Crippen LogP contribution is 2.46. The summed E-state index contributed by atoms with van der Waals surface area (Å²) in [7, 11) is -3.99. The maximum atomic E-state index is 13.7. The minimum absolute atomic E-state index is 0.00455. The molecule has 1 fully saturated rings. The second-order valence-corrected chi connectivity index (χ2v) is 13.4. The maximum Gasteiger partial charge on any atom is 0.405 e. The number of aromatic nitrogens is 2. The second kappa shape index (κ2) is 13.3. The molecule has 0 saturated carbocycles. The number of hydrogen-bond acceptors (Lipinski definition) is 10. The molecule has 14 heteroatoms. The van der Waals surface area contributed by atoms with Crippen LogP contribution in [0.2, 0.25) is 0 Å². The topological polar surface area (TPSA) is 169 Å². The number of carbonyl (C=O) groups is 1. The lowest BCUT2D eigenvalue weighted by molar-refractivity contribution is -0.118. The first kappa shape index (κ1) is 32.4. The van der Waals surface area contributed by atoms with E-state index >= 15 is 0 Å². The van der Waals surface area contributed by atoms with Gasteiger partial charge in [0.15, 0.2) is 11.3 Å². The zero-order chi connectivity index (χ0) is 29.7. The van der Waals surface area contributed by atoms with Gasteiger partial charge in [-0.1, -0.05) is 62.9 Å². The van der Waals surface area contributed by atoms with Crippen molar-refractivity contribution in [1.82, 2.24) is 14.6 Å². The molecule has 5 atom stereocenters. The van der Waals surface area contributed by atoms with Crippen LogP contribution in [0, 0.1) is 12.3 Å². The summed E-state index contributed by atoms with van der Waals surface area (Å²) in [6.07, 6.45) is -2.19. The molecule has 2 aromatic rings. The fourth-order valence-corrected chi connectivity index (χ4v) is 6.17. The number of nitrogens with zero attached hydrogens (tertiary/aromatic N) is 1. The second-order valence-electron chi connectivity index (χ2n) is 10.5. The fourth-order valence-electron chi connectivity index (χ4n) is 3.85. The molecule has 222 valence electrons. The number of hydrogen-bond donors (Lipinski definition) is 4. The van der Waals surface area contributed by atoms with Crippen LogP contribution in [0.1, 0.15) is 51.5 Å². The Bertz CT molecular complexity index is 1330. The van der Waals surface area contributed by atoms with Gasteiger partial charge >= 0.3 is 13.4 Å². The molecule has 1 aliphatic rings. The monoisotopic (exact) mass is 599 g/mol. The van der Waals surface area contributed by atoms with E-state index in [0.29, 0.717) is 6.42 Å². The summed E-state index contributed by atoms with van der Waals surface area (Å²) >= 11 is 1.08. The number of ether oxygens (including phenoxy) is 1. The van der Waals surface area contributed by atoms with E-state index in [9.17, 15) is 29.2 Å². The number of rotatable bonds is 13. The van der Waals surface area contributed by atoms with Gasteiger partial charge in [-0.15, -0.1) is 0 Å². The molecule has 0 bridgehead atoms. The summed E-state index contributed by atoms with van der Waals surface area (Å²) in [4.78, 5) is 38.7. The van der Waals surface area contributed by atoms with Crippen LogP contribution in [0.25, 0.3) is 0 Å². The van der Waals surface area contributed by atoms with Crippen LogP contribution >= 0.6 is 19.5 Å². The van der Waals surface area contributed by atoms with Crippen LogP contribution in [0.5, 0.6) is 0 Å². The third kappa shape index (κ3) is 7.80. The van der Waals surface area contributed by atoms with Crippen LogP contribution in [-0.2, 0) is 29.7 Å². The van der Waals surface area contributed by atoms with E-state index in [0.717, 1.165) is 21.9 Å². The number of aryl methyl sites for hydroxylation is 1. The summed E-state index contributed by atoms with van der Waals surface area (Å²) in [6, 6.07) is 9.15. The molecule has 0 amide bonds. The molecule has 3 unspecified atom stereocenters. The van der Waals surface area contributed by atoms with Crippen molar-refractivity contribution in [2.75, 3.05) is 19.0 Å². The molecule has 1 saturated heterocycles. The lowest BCUT2D eigenvalue weighted by atomic mass is 9.92. The van der Waals surface area contributed by atoms with Gasteiger partial charge in [0, 0.05) is 29.5 Å². The lowest BCUT2D eigenvalue weighted by Crippen LogP contribution is -2.47. The molecular weight excluding hydrogens is 561 g/mol. The molecule has 1 aromatic carbocycles. The van der Waals surface area contributed by atoms with E-state index < -0.39 is 55.1 Å². The number of nitrogens with one attached hydrogen (secondary N) is 2. The lowest BCUT2D eigenvalue weighted by Gasteiger charge is -2.27. The highest BCUT2D eigenvalue weighted by molar-refractivity contribution is 8.13. The number of H-pyrrole nitrogens is 1. The smallest absolute Gasteiger partial charge is 0.387 e. The Morgan fingerprint density at radius 3 is 2.60 bits per heavy atom. The van der Waals surface area contributed by atoms with Crippen LogP contribution in [0.4, 0.5) is 0 Å². The van der Waals surface area contributed by atoms with Gasteiger partial charge in [0.2, 0.25) is 0 Å². The summed E-state index contributed by atoms with van der Waals surface area (Å²) in [5.41, 5.74) is -2.83. The van der Waals surface area contributed by atoms with E-state index in [4.69, 9.17) is 13.8 Å². The molecule has 0 aliphatic carbocycles. The highest BCUT2D eigenvalue weighted by Gasteiger charge is 2.54. The molecule has 1 aliphatic heterocycles. The van der Waals surface area contributed by atoms with Gasteiger partial charge in [-0.25, -0.2) is 14.4 Å². The van der Waals surface area contributed by atoms with Crippen molar-refractivity contribution in [3.8, 4) is 0 Å². The minimum Gasteiger partial charge on any atom is -0.387 e. The molecule has 1 aromatic heterocycles. The maximum absolute atomic E-state index is 13.7. The number of aromatic amines is 1. The van der Waals surface area contributed by atoms with Crippen molar-refractivity contribution in [3.05, 3.63) is 68.5 Å². The first-order valence-corrected chi connectivity index (χ1v) is 15.5. The van der Waals surface area contributed by atoms with Crippen LogP contribution < -0.4 is 16.3 Å². The third-order valence-electron chi connectivity index (χ3n) is 6.90. The van der Waals surface area contributed by atoms with E-state index in [1.165, 1.54) is 20.0 Å². The first-order valence-electron chi connectivity index (χ1n) is 12.9. The van der Waals surface area contributed by atoms with Gasteiger partial charge in [-0.3, -0.25) is 28.2 Å². The first-order chi connectivity index (χ1) is 18.7. The number of thioether (sulfide) groups is 1. The molecule has 12 nitrogen and oxygen atoms in total. The predicted octanol–water partition coefficient (Wildman–Crippen LogP) is 2.48. The van der Waals surface area contributed by atoms with Crippen molar-refractivity contribution >= 4 is 24.6 Å². The van der Waals surface area contributed by atoms with Gasteiger partial charge in [0.1, 0.15) is 17.8 Å². The number of aliphatic hydroxyl groups is 2. The van der Waals surface area contributed by atoms with Crippen LogP contribution in [-0.4, -0.2) is 61.7 Å². The van der Waals surface area contributed by atoms with Crippen LogP contribution in [0.3, 0.4) is 0 Å². The minimum atomic E-state index is -3.99. The standard InChI is InChI=1S/C26H38N3O9PS/c1-6-25(3,4)23(32)40-13-12-36-39(35,27-14-18-10-8-7-9-11-18)37-16-19-20(30)26(5,34)22(38-19)29-15-17(2)21(31)28-24(29)33/h7-11,15,19-20,22,30,34H,6,12-14,16H2,1-5H3,(H,27,35)(H,28,31,33)/t19-,20?,22?,26+,39?/m1/s1. The van der Waals surface area contributed by atoms with Gasteiger partial charge in [0.25, 0.3) is 5.56 Å². The SMILES string of the molecule is CCC(C)(C)C(=O)SCCOP(=O)(NCc1ccccc1)OC[C@H]1OC(n2cc(C)c(=O)[nH]c2=O)[C@@](C)(O)C1O. The van der Waals surface area contributed by atoms with E-state index in [1.54, 1.807) is 0 Å². The van der Waals surface area contributed by atoms with E-state index in [1.807, 2.05) is 51.1 Å². The Labute approximate surface area is 237 Å². The van der Waals surface area contributed by atoms with Gasteiger partial charge in [-0.2, -0.15) is 0 Å². The zero-order valence-corrected chi connectivity index (χ0v) is 25.0. The zero-order valence-electron chi connectivity index (χ0n) is 23.3. The molecule has 0 radical (unpaired) electrons. The van der Waals surface area contributed by atoms with Crippen LogP contribution in [0.15, 0.2) is 46.1 Å². The normalized spacial score (nSPS) is 24.6. The molecular formula is C26H38N3O9PS. The quantitative estimate of drug-likeness (QED) is 0.197. The highest BCUT2D eigenvalue weighted by atomic mass is 32.2. The van der Waals surface area contributed by atoms with Gasteiger partial charge in [-0.05, 0) is 25.8 Å². The van der Waals surface area contributed by atoms with Crippen molar-refractivity contribution < 1.29 is 33.4 Å².